The molecule has 1 aliphatic heterocycles. The molecule has 0 saturated carbocycles. The highest BCUT2D eigenvalue weighted by Gasteiger charge is 2.36. The summed E-state index contributed by atoms with van der Waals surface area (Å²) in [5.74, 6) is -0.225. The fourth-order valence-electron chi connectivity index (χ4n) is 3.17. The molecule has 0 spiro atoms. The van der Waals surface area contributed by atoms with Crippen molar-refractivity contribution in [2.75, 3.05) is 18.0 Å². The molecule has 1 saturated heterocycles. The number of nitrogens with zero attached hydrogens (tertiary/aromatic N) is 3. The number of anilines is 1. The summed E-state index contributed by atoms with van der Waals surface area (Å²) in [6.45, 7) is 4.35. The van der Waals surface area contributed by atoms with Crippen LogP contribution in [0.5, 0.6) is 0 Å². The molecule has 1 unspecified atom stereocenters. The first-order valence-corrected chi connectivity index (χ1v) is 9.17. The van der Waals surface area contributed by atoms with Gasteiger partial charge in [0.25, 0.3) is 5.91 Å². The molecule has 7 heteroatoms. The second-order valence-corrected chi connectivity index (χ2v) is 6.98. The maximum atomic E-state index is 12.8. The summed E-state index contributed by atoms with van der Waals surface area (Å²) in [6, 6.07) is 8.72. The lowest BCUT2D eigenvalue weighted by Crippen LogP contribution is -2.58. The van der Waals surface area contributed by atoms with Crippen molar-refractivity contribution in [2.45, 2.75) is 39.2 Å². The maximum absolute atomic E-state index is 12.8. The van der Waals surface area contributed by atoms with Gasteiger partial charge in [-0.2, -0.15) is 0 Å². The lowest BCUT2D eigenvalue weighted by molar-refractivity contribution is -0.121. The number of carbonyl (C=O) groups is 2. The summed E-state index contributed by atoms with van der Waals surface area (Å²) in [6.07, 6.45) is 2.83. The molecule has 0 aliphatic carbocycles. The Morgan fingerprint density at radius 3 is 2.69 bits per heavy atom. The number of carbonyl (C=O) groups excluding carboxylic acids is 2. The zero-order chi connectivity index (χ0) is 18.7. The van der Waals surface area contributed by atoms with Crippen molar-refractivity contribution < 1.29 is 14.1 Å². The highest BCUT2D eigenvalue weighted by Crippen LogP contribution is 2.25. The molecule has 1 fully saturated rings. The fourth-order valence-corrected chi connectivity index (χ4v) is 3.30. The quantitative estimate of drug-likeness (QED) is 0.799. The summed E-state index contributed by atoms with van der Waals surface area (Å²) in [5.41, 5.74) is 1.44. The minimum absolute atomic E-state index is 0.0234. The molecule has 6 nitrogen and oxygen atoms in total. The number of piperazine rings is 1. The molecular weight excluding hydrogens is 354 g/mol. The third kappa shape index (κ3) is 3.90. The number of aryl methyl sites for hydroxylation is 1. The number of hydrogen-bond acceptors (Lipinski definition) is 4. The second kappa shape index (κ2) is 7.91. The van der Waals surface area contributed by atoms with Gasteiger partial charge in [-0.1, -0.05) is 36.5 Å². The van der Waals surface area contributed by atoms with Crippen LogP contribution in [0.4, 0.5) is 5.69 Å². The number of rotatable bonds is 5. The van der Waals surface area contributed by atoms with Crippen molar-refractivity contribution in [3.63, 3.8) is 0 Å². The Hall–Kier alpha value is -2.34. The standard InChI is InChI=1S/C19H22ClN3O3/c1-3-4-5-16-11-22(15-8-6-14(20)7-9-15)18(24)12-23(16)19(25)17-10-13(2)21-26-17/h6-10,16H,3-5,11-12H2,1-2H3. The van der Waals surface area contributed by atoms with E-state index in [1.165, 1.54) is 0 Å². The molecule has 1 aliphatic rings. The van der Waals surface area contributed by atoms with Crippen molar-refractivity contribution in [2.24, 2.45) is 0 Å². The van der Waals surface area contributed by atoms with E-state index >= 15 is 0 Å². The first-order valence-electron chi connectivity index (χ1n) is 8.79. The average Bonchev–Trinajstić information content (AvgIpc) is 3.07. The summed E-state index contributed by atoms with van der Waals surface area (Å²) in [7, 11) is 0. The zero-order valence-electron chi connectivity index (χ0n) is 14.9. The van der Waals surface area contributed by atoms with Crippen LogP contribution in [-0.4, -0.2) is 41.0 Å². The van der Waals surface area contributed by atoms with Gasteiger partial charge in [0.05, 0.1) is 11.7 Å². The molecule has 0 N–H and O–H groups in total. The molecule has 138 valence electrons. The first-order chi connectivity index (χ1) is 12.5. The highest BCUT2D eigenvalue weighted by molar-refractivity contribution is 6.30. The lowest BCUT2D eigenvalue weighted by atomic mass is 10.0. The summed E-state index contributed by atoms with van der Waals surface area (Å²) in [5, 5.41) is 4.40. The minimum Gasteiger partial charge on any atom is -0.351 e. The number of amides is 2. The molecule has 0 bridgehead atoms. The summed E-state index contributed by atoms with van der Waals surface area (Å²) >= 11 is 5.95. The van der Waals surface area contributed by atoms with Crippen LogP contribution >= 0.6 is 11.6 Å². The zero-order valence-corrected chi connectivity index (χ0v) is 15.7. The van der Waals surface area contributed by atoms with Crippen LogP contribution in [-0.2, 0) is 4.79 Å². The van der Waals surface area contributed by atoms with E-state index in [0.717, 1.165) is 24.9 Å². The molecule has 2 aromatic rings. The molecule has 26 heavy (non-hydrogen) atoms. The van der Waals surface area contributed by atoms with Crippen molar-refractivity contribution in [1.29, 1.82) is 0 Å². The summed E-state index contributed by atoms with van der Waals surface area (Å²) < 4.78 is 5.11. The van der Waals surface area contributed by atoms with E-state index in [1.807, 2.05) is 12.1 Å². The van der Waals surface area contributed by atoms with Crippen LogP contribution in [0.1, 0.15) is 42.4 Å². The van der Waals surface area contributed by atoms with Gasteiger partial charge in [-0.25, -0.2) is 0 Å². The number of hydrogen-bond donors (Lipinski definition) is 0. The van der Waals surface area contributed by atoms with Gasteiger partial charge >= 0.3 is 0 Å². The van der Waals surface area contributed by atoms with Gasteiger partial charge in [0.1, 0.15) is 6.54 Å². The average molecular weight is 376 g/mol. The van der Waals surface area contributed by atoms with Gasteiger partial charge < -0.3 is 14.3 Å². The van der Waals surface area contributed by atoms with Crippen molar-refractivity contribution in [1.82, 2.24) is 10.1 Å². The Kier molecular flexibility index (Phi) is 5.61. The van der Waals surface area contributed by atoms with Crippen LogP contribution in [0.25, 0.3) is 0 Å². The Labute approximate surface area is 157 Å². The van der Waals surface area contributed by atoms with E-state index < -0.39 is 0 Å². The molecule has 0 radical (unpaired) electrons. The third-order valence-corrected chi connectivity index (χ3v) is 4.82. The molecule has 1 aromatic carbocycles. The van der Waals surface area contributed by atoms with Crippen molar-refractivity contribution >= 4 is 29.1 Å². The van der Waals surface area contributed by atoms with Gasteiger partial charge in [-0.15, -0.1) is 0 Å². The number of aromatic nitrogens is 1. The Morgan fingerprint density at radius 2 is 2.08 bits per heavy atom. The van der Waals surface area contributed by atoms with E-state index in [0.29, 0.717) is 17.3 Å². The molecule has 3 rings (SSSR count). The number of unbranched alkanes of at least 4 members (excludes halogenated alkanes) is 1. The van der Waals surface area contributed by atoms with Gasteiger partial charge in [0.2, 0.25) is 11.7 Å². The van der Waals surface area contributed by atoms with Crippen molar-refractivity contribution in [3.8, 4) is 0 Å². The minimum atomic E-state index is -0.282. The third-order valence-electron chi connectivity index (χ3n) is 4.57. The monoisotopic (exact) mass is 375 g/mol. The van der Waals surface area contributed by atoms with E-state index in [-0.39, 0.29) is 30.2 Å². The summed E-state index contributed by atoms with van der Waals surface area (Å²) in [4.78, 5) is 28.9. The van der Waals surface area contributed by atoms with Crippen LogP contribution in [0.3, 0.4) is 0 Å². The van der Waals surface area contributed by atoms with Gasteiger partial charge in [-0.05, 0) is 37.6 Å². The Balaban J connectivity index is 1.83. The van der Waals surface area contributed by atoms with Gasteiger partial charge in [0.15, 0.2) is 0 Å². The molecule has 2 heterocycles. The smallest absolute Gasteiger partial charge is 0.293 e. The number of halogens is 1. The van der Waals surface area contributed by atoms with E-state index in [2.05, 4.69) is 12.1 Å². The Morgan fingerprint density at radius 1 is 1.35 bits per heavy atom. The molecular formula is C19H22ClN3O3. The molecule has 1 aromatic heterocycles. The normalized spacial score (nSPS) is 17.7. The SMILES string of the molecule is CCCCC1CN(c2ccc(Cl)cc2)C(=O)CN1C(=O)c1cc(C)no1. The van der Waals surface area contributed by atoms with Gasteiger partial charge in [-0.3, -0.25) is 9.59 Å². The van der Waals surface area contributed by atoms with Gasteiger partial charge in [0, 0.05) is 23.3 Å². The van der Waals surface area contributed by atoms with Crippen LogP contribution in [0.15, 0.2) is 34.9 Å². The highest BCUT2D eigenvalue weighted by atomic mass is 35.5. The van der Waals surface area contributed by atoms with Crippen molar-refractivity contribution in [3.05, 3.63) is 46.8 Å². The fraction of sp³-hybridized carbons (Fsp3) is 0.421. The van der Waals surface area contributed by atoms with E-state index in [9.17, 15) is 9.59 Å². The largest absolute Gasteiger partial charge is 0.351 e. The first kappa shape index (κ1) is 18.5. The topological polar surface area (TPSA) is 66.7 Å². The predicted molar refractivity (Wildman–Crippen MR) is 99.4 cm³/mol. The lowest BCUT2D eigenvalue weighted by Gasteiger charge is -2.40. The van der Waals surface area contributed by atoms with Crippen LogP contribution in [0, 0.1) is 6.92 Å². The maximum Gasteiger partial charge on any atom is 0.293 e. The number of benzene rings is 1. The second-order valence-electron chi connectivity index (χ2n) is 6.54. The van der Waals surface area contributed by atoms with Crippen LogP contribution in [0.2, 0.25) is 5.02 Å². The molecule has 1 atom stereocenters. The Bertz CT molecular complexity index is 788. The van der Waals surface area contributed by atoms with E-state index in [4.69, 9.17) is 16.1 Å². The predicted octanol–water partition coefficient (Wildman–Crippen LogP) is 3.68. The molecule has 2 amide bonds. The van der Waals surface area contributed by atoms with Crippen LogP contribution < -0.4 is 4.90 Å². The van der Waals surface area contributed by atoms with E-state index in [1.54, 1.807) is 34.9 Å².